The molecule has 1 saturated carbocycles. The summed E-state index contributed by atoms with van der Waals surface area (Å²) >= 11 is 12.1. The van der Waals surface area contributed by atoms with Crippen LogP contribution in [0.4, 0.5) is 0 Å². The van der Waals surface area contributed by atoms with Gasteiger partial charge in [0.15, 0.2) is 0 Å². The first kappa shape index (κ1) is 14.2. The summed E-state index contributed by atoms with van der Waals surface area (Å²) in [5.74, 6) is 0.848. The average Bonchev–Trinajstić information content (AvgIpc) is 2.86. The SMILES string of the molecule is CNC(CCc1ccc(Cl)cc1Cl)C1CCCC1. The van der Waals surface area contributed by atoms with Gasteiger partial charge in [0.25, 0.3) is 0 Å². The molecule has 1 unspecified atom stereocenters. The maximum atomic E-state index is 6.21. The van der Waals surface area contributed by atoms with Gasteiger partial charge in [0.2, 0.25) is 0 Å². The van der Waals surface area contributed by atoms with Crippen molar-refractivity contribution in [2.24, 2.45) is 5.92 Å². The first-order valence-corrected chi connectivity index (χ1v) is 7.57. The van der Waals surface area contributed by atoms with Crippen LogP contribution in [0.15, 0.2) is 18.2 Å². The molecular formula is C15H21Cl2N. The molecular weight excluding hydrogens is 265 g/mol. The molecule has 3 heteroatoms. The first-order valence-electron chi connectivity index (χ1n) is 6.82. The monoisotopic (exact) mass is 285 g/mol. The molecule has 0 radical (unpaired) electrons. The molecule has 0 bridgehead atoms. The van der Waals surface area contributed by atoms with Crippen LogP contribution < -0.4 is 5.32 Å². The van der Waals surface area contributed by atoms with Gasteiger partial charge in [-0.2, -0.15) is 0 Å². The maximum Gasteiger partial charge on any atom is 0.0452 e. The number of hydrogen-bond donors (Lipinski definition) is 1. The van der Waals surface area contributed by atoms with Crippen molar-refractivity contribution in [2.75, 3.05) is 7.05 Å². The second-order valence-electron chi connectivity index (χ2n) is 5.21. The highest BCUT2D eigenvalue weighted by Crippen LogP contribution is 2.30. The quantitative estimate of drug-likeness (QED) is 0.827. The van der Waals surface area contributed by atoms with Crippen molar-refractivity contribution >= 4 is 23.2 Å². The van der Waals surface area contributed by atoms with Gasteiger partial charge in [-0.3, -0.25) is 0 Å². The van der Waals surface area contributed by atoms with Gasteiger partial charge in [0.1, 0.15) is 0 Å². The largest absolute Gasteiger partial charge is 0.317 e. The van der Waals surface area contributed by atoms with Crippen LogP contribution in [0.25, 0.3) is 0 Å². The molecule has 2 rings (SSSR count). The standard InChI is InChI=1S/C15H21Cl2N/c1-18-15(12-4-2-3-5-12)9-7-11-6-8-13(16)10-14(11)17/h6,8,10,12,15,18H,2-5,7,9H2,1H3. The van der Waals surface area contributed by atoms with E-state index in [1.165, 1.54) is 31.2 Å². The van der Waals surface area contributed by atoms with Crippen LogP contribution in [0.1, 0.15) is 37.7 Å². The Labute approximate surface area is 120 Å². The normalized spacial score (nSPS) is 18.2. The molecule has 0 aliphatic heterocycles. The van der Waals surface area contributed by atoms with Crippen molar-refractivity contribution in [1.82, 2.24) is 5.32 Å². The van der Waals surface area contributed by atoms with Crippen LogP contribution in [0, 0.1) is 5.92 Å². The van der Waals surface area contributed by atoms with E-state index in [-0.39, 0.29) is 0 Å². The van der Waals surface area contributed by atoms with Gasteiger partial charge in [0.05, 0.1) is 0 Å². The van der Waals surface area contributed by atoms with Crippen LogP contribution >= 0.6 is 23.2 Å². The van der Waals surface area contributed by atoms with E-state index in [0.717, 1.165) is 23.8 Å². The molecule has 0 amide bonds. The van der Waals surface area contributed by atoms with Gasteiger partial charge < -0.3 is 5.32 Å². The van der Waals surface area contributed by atoms with Crippen molar-refractivity contribution in [2.45, 2.75) is 44.6 Å². The lowest BCUT2D eigenvalue weighted by atomic mass is 9.92. The van der Waals surface area contributed by atoms with E-state index in [1.54, 1.807) is 0 Å². The van der Waals surface area contributed by atoms with E-state index in [4.69, 9.17) is 23.2 Å². The summed E-state index contributed by atoms with van der Waals surface area (Å²) in [6, 6.07) is 6.43. The number of aryl methyl sites for hydroxylation is 1. The highest BCUT2D eigenvalue weighted by molar-refractivity contribution is 6.35. The first-order chi connectivity index (χ1) is 8.70. The Kier molecular flexibility index (Phi) is 5.35. The summed E-state index contributed by atoms with van der Waals surface area (Å²) in [6.45, 7) is 0. The fraction of sp³-hybridized carbons (Fsp3) is 0.600. The summed E-state index contributed by atoms with van der Waals surface area (Å²) in [5, 5.41) is 4.98. The van der Waals surface area contributed by atoms with Crippen LogP contribution in [-0.4, -0.2) is 13.1 Å². The Hall–Kier alpha value is -0.240. The lowest BCUT2D eigenvalue weighted by Crippen LogP contribution is -2.32. The molecule has 100 valence electrons. The van der Waals surface area contributed by atoms with Crippen LogP contribution in [0.5, 0.6) is 0 Å². The molecule has 1 aliphatic carbocycles. The zero-order valence-corrected chi connectivity index (χ0v) is 12.4. The predicted molar refractivity (Wildman–Crippen MR) is 79.6 cm³/mol. The van der Waals surface area contributed by atoms with E-state index < -0.39 is 0 Å². The Balaban J connectivity index is 1.92. The minimum Gasteiger partial charge on any atom is -0.317 e. The van der Waals surface area contributed by atoms with Crippen molar-refractivity contribution in [3.8, 4) is 0 Å². The zero-order chi connectivity index (χ0) is 13.0. The third-order valence-corrected chi connectivity index (χ3v) is 4.67. The van der Waals surface area contributed by atoms with Gasteiger partial charge in [-0.05, 0) is 56.3 Å². The van der Waals surface area contributed by atoms with E-state index in [1.807, 2.05) is 18.2 Å². The molecule has 1 aliphatic rings. The smallest absolute Gasteiger partial charge is 0.0452 e. The second kappa shape index (κ2) is 6.79. The fourth-order valence-corrected chi connectivity index (χ4v) is 3.51. The molecule has 1 atom stereocenters. The number of hydrogen-bond acceptors (Lipinski definition) is 1. The van der Waals surface area contributed by atoms with Crippen LogP contribution in [0.3, 0.4) is 0 Å². The Morgan fingerprint density at radius 1 is 1.28 bits per heavy atom. The highest BCUT2D eigenvalue weighted by atomic mass is 35.5. The minimum absolute atomic E-state index is 0.624. The fourth-order valence-electron chi connectivity index (χ4n) is 3.01. The summed E-state index contributed by atoms with van der Waals surface area (Å²) in [4.78, 5) is 0. The third kappa shape index (κ3) is 3.63. The Morgan fingerprint density at radius 2 is 2.00 bits per heavy atom. The van der Waals surface area contributed by atoms with Crippen molar-refractivity contribution in [3.63, 3.8) is 0 Å². The molecule has 0 heterocycles. The van der Waals surface area contributed by atoms with E-state index in [9.17, 15) is 0 Å². The summed E-state index contributed by atoms with van der Waals surface area (Å²) < 4.78 is 0. The lowest BCUT2D eigenvalue weighted by molar-refractivity contribution is 0.360. The molecule has 0 aromatic heterocycles. The zero-order valence-electron chi connectivity index (χ0n) is 10.9. The number of halogens is 2. The van der Waals surface area contributed by atoms with Gasteiger partial charge in [-0.25, -0.2) is 0 Å². The maximum absolute atomic E-state index is 6.21. The molecule has 0 saturated heterocycles. The van der Waals surface area contributed by atoms with Gasteiger partial charge in [0, 0.05) is 16.1 Å². The summed E-state index contributed by atoms with van der Waals surface area (Å²) in [7, 11) is 2.08. The predicted octanol–water partition coefficient (Wildman–Crippen LogP) is 4.70. The number of rotatable bonds is 5. The topological polar surface area (TPSA) is 12.0 Å². The molecule has 1 nitrogen and oxygen atoms in total. The Morgan fingerprint density at radius 3 is 2.61 bits per heavy atom. The molecule has 1 N–H and O–H groups in total. The lowest BCUT2D eigenvalue weighted by Gasteiger charge is -2.23. The Bertz CT molecular complexity index is 386. The van der Waals surface area contributed by atoms with Crippen molar-refractivity contribution < 1.29 is 0 Å². The van der Waals surface area contributed by atoms with Crippen molar-refractivity contribution in [1.29, 1.82) is 0 Å². The molecule has 0 spiro atoms. The number of benzene rings is 1. The van der Waals surface area contributed by atoms with E-state index in [2.05, 4.69) is 12.4 Å². The second-order valence-corrected chi connectivity index (χ2v) is 6.06. The minimum atomic E-state index is 0.624. The third-order valence-electron chi connectivity index (χ3n) is 4.08. The average molecular weight is 286 g/mol. The number of nitrogens with one attached hydrogen (secondary N) is 1. The van der Waals surface area contributed by atoms with Crippen LogP contribution in [0.2, 0.25) is 10.0 Å². The highest BCUT2D eigenvalue weighted by Gasteiger charge is 2.23. The van der Waals surface area contributed by atoms with Gasteiger partial charge >= 0.3 is 0 Å². The van der Waals surface area contributed by atoms with Gasteiger partial charge in [-0.15, -0.1) is 0 Å². The molecule has 1 aromatic carbocycles. The van der Waals surface area contributed by atoms with E-state index >= 15 is 0 Å². The van der Waals surface area contributed by atoms with Gasteiger partial charge in [-0.1, -0.05) is 42.1 Å². The molecule has 1 fully saturated rings. The van der Waals surface area contributed by atoms with Crippen molar-refractivity contribution in [3.05, 3.63) is 33.8 Å². The summed E-state index contributed by atoms with van der Waals surface area (Å²) in [5.41, 5.74) is 1.21. The molecule has 1 aromatic rings. The van der Waals surface area contributed by atoms with E-state index in [0.29, 0.717) is 11.1 Å². The molecule has 18 heavy (non-hydrogen) atoms. The van der Waals surface area contributed by atoms with Crippen LogP contribution in [-0.2, 0) is 6.42 Å². The summed E-state index contributed by atoms with van der Waals surface area (Å²) in [6.07, 6.45) is 7.72.